The molecule has 0 saturated carbocycles. The lowest BCUT2D eigenvalue weighted by Crippen LogP contribution is -2.31. The van der Waals surface area contributed by atoms with Crippen LogP contribution in [0.2, 0.25) is 0 Å². The highest BCUT2D eigenvalue weighted by atomic mass is 16.5. The summed E-state index contributed by atoms with van der Waals surface area (Å²) in [5.74, 6) is 1.46. The van der Waals surface area contributed by atoms with Gasteiger partial charge < -0.3 is 19.7 Å². The Labute approximate surface area is 120 Å². The van der Waals surface area contributed by atoms with Crippen LogP contribution in [-0.2, 0) is 4.79 Å². The van der Waals surface area contributed by atoms with Gasteiger partial charge in [0.2, 0.25) is 5.91 Å². The smallest absolute Gasteiger partial charge is 0.241 e. The van der Waals surface area contributed by atoms with E-state index in [4.69, 9.17) is 9.47 Å². The summed E-state index contributed by atoms with van der Waals surface area (Å²) in [5, 5.41) is 3.10. The van der Waals surface area contributed by atoms with Crippen LogP contribution in [0.25, 0.3) is 0 Å². The minimum Gasteiger partial charge on any atom is -0.490 e. The normalized spacial score (nSPS) is 10.0. The Kier molecular flexibility index (Phi) is 6.70. The van der Waals surface area contributed by atoms with E-state index in [1.165, 1.54) is 0 Å². The van der Waals surface area contributed by atoms with Gasteiger partial charge >= 0.3 is 0 Å². The van der Waals surface area contributed by atoms with Crippen LogP contribution in [0, 0.1) is 0 Å². The first-order valence-electron chi connectivity index (χ1n) is 6.99. The first kappa shape index (κ1) is 16.1. The van der Waals surface area contributed by atoms with Crippen LogP contribution in [0.3, 0.4) is 0 Å². The van der Waals surface area contributed by atoms with Crippen LogP contribution >= 0.6 is 0 Å². The van der Waals surface area contributed by atoms with Gasteiger partial charge in [-0.25, -0.2) is 0 Å². The third-order valence-corrected chi connectivity index (χ3v) is 2.89. The third kappa shape index (κ3) is 4.64. The van der Waals surface area contributed by atoms with E-state index in [0.29, 0.717) is 25.5 Å². The Morgan fingerprint density at radius 3 is 2.40 bits per heavy atom. The molecule has 0 aliphatic rings. The van der Waals surface area contributed by atoms with Crippen molar-refractivity contribution in [1.82, 2.24) is 4.90 Å². The van der Waals surface area contributed by atoms with E-state index in [0.717, 1.165) is 11.4 Å². The predicted octanol–water partition coefficient (Wildman–Crippen LogP) is 2.37. The van der Waals surface area contributed by atoms with Gasteiger partial charge in [0.25, 0.3) is 0 Å². The monoisotopic (exact) mass is 280 g/mol. The molecule has 1 N–H and O–H groups in total. The fourth-order valence-electron chi connectivity index (χ4n) is 1.65. The van der Waals surface area contributed by atoms with E-state index in [1.807, 2.05) is 39.0 Å². The molecule has 0 aliphatic carbocycles. The Balaban J connectivity index is 2.71. The lowest BCUT2D eigenvalue weighted by Gasteiger charge is -2.16. The van der Waals surface area contributed by atoms with Crippen LogP contribution in [0.4, 0.5) is 5.69 Å². The summed E-state index contributed by atoms with van der Waals surface area (Å²) in [4.78, 5) is 13.4. The second-order valence-corrected chi connectivity index (χ2v) is 4.29. The molecule has 5 nitrogen and oxygen atoms in total. The zero-order chi connectivity index (χ0) is 15.0. The van der Waals surface area contributed by atoms with Crippen molar-refractivity contribution in [2.24, 2.45) is 0 Å². The number of amides is 1. The van der Waals surface area contributed by atoms with Gasteiger partial charge in [-0.15, -0.1) is 0 Å². The van der Waals surface area contributed by atoms with E-state index in [-0.39, 0.29) is 12.5 Å². The summed E-state index contributed by atoms with van der Waals surface area (Å²) >= 11 is 0. The molecule has 0 unspecified atom stereocenters. The van der Waals surface area contributed by atoms with Crippen molar-refractivity contribution in [3.05, 3.63) is 18.2 Å². The number of nitrogens with one attached hydrogen (secondary N) is 1. The minimum atomic E-state index is 0.0549. The molecular formula is C15H24N2O3. The minimum absolute atomic E-state index is 0.0549. The molecule has 0 heterocycles. The first-order valence-corrected chi connectivity index (χ1v) is 6.99. The zero-order valence-corrected chi connectivity index (χ0v) is 12.7. The summed E-state index contributed by atoms with van der Waals surface area (Å²) in [5.41, 5.74) is 0.842. The van der Waals surface area contributed by atoms with E-state index >= 15 is 0 Å². The fraction of sp³-hybridized carbons (Fsp3) is 0.533. The van der Waals surface area contributed by atoms with Gasteiger partial charge in [-0.1, -0.05) is 0 Å². The highest BCUT2D eigenvalue weighted by molar-refractivity contribution is 5.80. The molecule has 112 valence electrons. The molecule has 1 aromatic rings. The van der Waals surface area contributed by atoms with E-state index < -0.39 is 0 Å². The van der Waals surface area contributed by atoms with Gasteiger partial charge in [-0.3, -0.25) is 4.79 Å². The average Bonchev–Trinajstić information content (AvgIpc) is 2.46. The Morgan fingerprint density at radius 2 is 1.80 bits per heavy atom. The number of hydrogen-bond acceptors (Lipinski definition) is 4. The zero-order valence-electron chi connectivity index (χ0n) is 12.7. The van der Waals surface area contributed by atoms with Crippen LogP contribution in [0.5, 0.6) is 11.5 Å². The van der Waals surface area contributed by atoms with Crippen molar-refractivity contribution < 1.29 is 14.3 Å². The molecule has 0 bridgehead atoms. The highest BCUT2D eigenvalue weighted by Gasteiger charge is 2.09. The average molecular weight is 280 g/mol. The number of benzene rings is 1. The van der Waals surface area contributed by atoms with E-state index in [9.17, 15) is 4.79 Å². The summed E-state index contributed by atoms with van der Waals surface area (Å²) in [6.07, 6.45) is 0. The third-order valence-electron chi connectivity index (χ3n) is 2.89. The molecule has 0 spiro atoms. The number of hydrogen-bond donors (Lipinski definition) is 1. The summed E-state index contributed by atoms with van der Waals surface area (Å²) in [6.45, 7) is 7.93. The van der Waals surface area contributed by atoms with Gasteiger partial charge in [0.05, 0.1) is 19.8 Å². The van der Waals surface area contributed by atoms with Crippen LogP contribution in [-0.4, -0.2) is 44.2 Å². The molecule has 1 aromatic carbocycles. The van der Waals surface area contributed by atoms with Gasteiger partial charge in [0, 0.05) is 25.3 Å². The number of ether oxygens (including phenoxy) is 2. The SMILES string of the molecule is CCOc1ccc(NCC(=O)N(C)CC)cc1OCC. The number of rotatable bonds is 8. The second kappa shape index (κ2) is 8.30. The maximum absolute atomic E-state index is 11.7. The molecule has 1 rings (SSSR count). The van der Waals surface area contributed by atoms with Gasteiger partial charge in [-0.05, 0) is 32.9 Å². The second-order valence-electron chi connectivity index (χ2n) is 4.29. The van der Waals surface area contributed by atoms with Gasteiger partial charge in [-0.2, -0.15) is 0 Å². The molecule has 1 amide bonds. The molecule has 0 fully saturated rings. The van der Waals surface area contributed by atoms with E-state index in [1.54, 1.807) is 11.9 Å². The molecule has 0 aromatic heterocycles. The number of anilines is 1. The largest absolute Gasteiger partial charge is 0.490 e. The topological polar surface area (TPSA) is 50.8 Å². The van der Waals surface area contributed by atoms with Crippen molar-refractivity contribution in [3.63, 3.8) is 0 Å². The van der Waals surface area contributed by atoms with Crippen molar-refractivity contribution in [2.45, 2.75) is 20.8 Å². The number of carbonyl (C=O) groups is 1. The predicted molar refractivity (Wildman–Crippen MR) is 80.6 cm³/mol. The van der Waals surface area contributed by atoms with Crippen molar-refractivity contribution in [2.75, 3.05) is 38.7 Å². The first-order chi connectivity index (χ1) is 9.62. The van der Waals surface area contributed by atoms with Crippen molar-refractivity contribution in [3.8, 4) is 11.5 Å². The van der Waals surface area contributed by atoms with Crippen LogP contribution in [0.1, 0.15) is 20.8 Å². The van der Waals surface area contributed by atoms with E-state index in [2.05, 4.69) is 5.32 Å². The van der Waals surface area contributed by atoms with Crippen LogP contribution < -0.4 is 14.8 Å². The maximum Gasteiger partial charge on any atom is 0.241 e. The Bertz CT molecular complexity index is 435. The molecule has 0 aliphatic heterocycles. The highest BCUT2D eigenvalue weighted by Crippen LogP contribution is 2.30. The molecule has 0 radical (unpaired) electrons. The van der Waals surface area contributed by atoms with Crippen molar-refractivity contribution in [1.29, 1.82) is 0 Å². The molecule has 0 saturated heterocycles. The fourth-order valence-corrected chi connectivity index (χ4v) is 1.65. The van der Waals surface area contributed by atoms with Crippen LogP contribution in [0.15, 0.2) is 18.2 Å². The Hall–Kier alpha value is -1.91. The number of nitrogens with zero attached hydrogens (tertiary/aromatic N) is 1. The van der Waals surface area contributed by atoms with Gasteiger partial charge in [0.1, 0.15) is 0 Å². The lowest BCUT2D eigenvalue weighted by molar-refractivity contribution is -0.127. The number of carbonyl (C=O) groups excluding carboxylic acids is 1. The number of likely N-dealkylation sites (N-methyl/N-ethyl adjacent to an activating group) is 1. The lowest BCUT2D eigenvalue weighted by atomic mass is 10.2. The maximum atomic E-state index is 11.7. The Morgan fingerprint density at radius 1 is 1.15 bits per heavy atom. The summed E-state index contributed by atoms with van der Waals surface area (Å²) in [6, 6.07) is 5.59. The molecule has 5 heteroatoms. The van der Waals surface area contributed by atoms with Gasteiger partial charge in [0.15, 0.2) is 11.5 Å². The molecule has 20 heavy (non-hydrogen) atoms. The quantitative estimate of drug-likeness (QED) is 0.794. The summed E-state index contributed by atoms with van der Waals surface area (Å²) in [7, 11) is 1.79. The van der Waals surface area contributed by atoms with Crippen molar-refractivity contribution >= 4 is 11.6 Å². The molecular weight excluding hydrogens is 256 g/mol. The molecule has 0 atom stereocenters. The summed E-state index contributed by atoms with van der Waals surface area (Å²) < 4.78 is 11.0. The standard InChI is InChI=1S/C15H24N2O3/c1-5-17(4)15(18)11-16-12-8-9-13(19-6-2)14(10-12)20-7-3/h8-10,16H,5-7,11H2,1-4H3.